The third-order valence-electron chi connectivity index (χ3n) is 3.67. The van der Waals surface area contributed by atoms with E-state index in [-0.39, 0.29) is 0 Å². The van der Waals surface area contributed by atoms with Gasteiger partial charge >= 0.3 is 0 Å². The minimum absolute atomic E-state index is 0.642. The van der Waals surface area contributed by atoms with Gasteiger partial charge in [-0.1, -0.05) is 49.8 Å². The molecule has 2 rings (SSSR count). The summed E-state index contributed by atoms with van der Waals surface area (Å²) in [5, 5.41) is 0. The van der Waals surface area contributed by atoms with Crippen LogP contribution in [0.15, 0.2) is 29.8 Å². The van der Waals surface area contributed by atoms with Crippen molar-refractivity contribution in [3.63, 3.8) is 0 Å². The molecule has 1 aromatic rings. The maximum atomic E-state index is 5.83. The van der Waals surface area contributed by atoms with Crippen molar-refractivity contribution >= 4 is 17.7 Å². The largest absolute Gasteiger partial charge is 0.127 e. The van der Waals surface area contributed by atoms with Crippen molar-refractivity contribution in [2.24, 2.45) is 11.8 Å². The number of allylic oxidation sites excluding steroid dienone is 1. The lowest BCUT2D eigenvalue weighted by Crippen LogP contribution is -2.17. The molecule has 1 unspecified atom stereocenters. The van der Waals surface area contributed by atoms with Gasteiger partial charge in [-0.2, -0.15) is 0 Å². The third kappa shape index (κ3) is 2.93. The quantitative estimate of drug-likeness (QED) is 0.664. The zero-order valence-corrected chi connectivity index (χ0v) is 11.5. The highest BCUT2D eigenvalue weighted by atomic mass is 35.5. The van der Waals surface area contributed by atoms with Crippen molar-refractivity contribution < 1.29 is 0 Å². The number of hydrogen-bond donors (Lipinski definition) is 0. The van der Waals surface area contributed by atoms with Gasteiger partial charge in [0.15, 0.2) is 0 Å². The van der Waals surface area contributed by atoms with Crippen LogP contribution in [0.4, 0.5) is 0 Å². The van der Waals surface area contributed by atoms with E-state index in [4.69, 9.17) is 11.6 Å². The van der Waals surface area contributed by atoms with Gasteiger partial charge in [0.2, 0.25) is 0 Å². The van der Waals surface area contributed by atoms with E-state index in [0.717, 1.165) is 12.3 Å². The van der Waals surface area contributed by atoms with E-state index in [1.54, 1.807) is 5.57 Å². The predicted octanol–water partition coefficient (Wildman–Crippen LogP) is 4.92. The first-order valence-corrected chi connectivity index (χ1v) is 7.11. The fourth-order valence-corrected chi connectivity index (χ4v) is 2.93. The molecule has 0 bridgehead atoms. The van der Waals surface area contributed by atoms with Crippen molar-refractivity contribution in [3.8, 4) is 0 Å². The fourth-order valence-electron chi connectivity index (χ4n) is 2.77. The van der Waals surface area contributed by atoms with Crippen LogP contribution in [0.1, 0.15) is 37.8 Å². The zero-order chi connectivity index (χ0) is 12.3. The molecule has 0 amide bonds. The highest BCUT2D eigenvalue weighted by Crippen LogP contribution is 2.35. The summed E-state index contributed by atoms with van der Waals surface area (Å²) in [6, 6.07) is 8.77. The summed E-state index contributed by atoms with van der Waals surface area (Å²) in [6.45, 7) is 4.60. The van der Waals surface area contributed by atoms with Crippen LogP contribution < -0.4 is 0 Å². The van der Waals surface area contributed by atoms with E-state index in [1.165, 1.54) is 24.0 Å². The van der Waals surface area contributed by atoms with Crippen molar-refractivity contribution in [1.82, 2.24) is 0 Å². The number of halogens is 1. The van der Waals surface area contributed by atoms with Crippen molar-refractivity contribution in [2.75, 3.05) is 5.88 Å². The zero-order valence-electron chi connectivity index (χ0n) is 10.7. The number of fused-ring (bicyclic) bond motifs is 1. The van der Waals surface area contributed by atoms with Crippen LogP contribution in [0.2, 0.25) is 0 Å². The van der Waals surface area contributed by atoms with E-state index in [1.807, 2.05) is 0 Å². The summed E-state index contributed by atoms with van der Waals surface area (Å²) in [6.07, 6.45) is 5.94. The highest BCUT2D eigenvalue weighted by Gasteiger charge is 2.22. The van der Waals surface area contributed by atoms with Gasteiger partial charge in [-0.3, -0.25) is 0 Å². The molecule has 0 saturated carbocycles. The SMILES string of the molecule is CC(C)C1=Cc2ccccc2CC1CCCCl. The Morgan fingerprint density at radius 1 is 1.29 bits per heavy atom. The molecule has 0 heterocycles. The summed E-state index contributed by atoms with van der Waals surface area (Å²) in [4.78, 5) is 0. The molecule has 1 aliphatic rings. The third-order valence-corrected chi connectivity index (χ3v) is 3.94. The summed E-state index contributed by atoms with van der Waals surface area (Å²) in [5.74, 6) is 2.12. The van der Waals surface area contributed by atoms with Crippen LogP contribution in [0, 0.1) is 11.8 Å². The van der Waals surface area contributed by atoms with Crippen LogP contribution in [0.25, 0.3) is 6.08 Å². The van der Waals surface area contributed by atoms with Crippen molar-refractivity contribution in [3.05, 3.63) is 41.0 Å². The second-order valence-corrected chi connectivity index (χ2v) is 5.61. The Morgan fingerprint density at radius 2 is 2.06 bits per heavy atom. The molecule has 0 nitrogen and oxygen atoms in total. The molecule has 0 spiro atoms. The van der Waals surface area contributed by atoms with E-state index in [2.05, 4.69) is 44.2 Å². The van der Waals surface area contributed by atoms with Crippen LogP contribution in [0.5, 0.6) is 0 Å². The average molecular weight is 249 g/mol. The molecule has 0 radical (unpaired) electrons. The lowest BCUT2D eigenvalue weighted by Gasteiger charge is -2.28. The molecule has 0 saturated heterocycles. The molecule has 1 aliphatic carbocycles. The number of benzene rings is 1. The molecular formula is C16H21Cl. The lowest BCUT2D eigenvalue weighted by molar-refractivity contribution is 0.496. The predicted molar refractivity (Wildman–Crippen MR) is 76.4 cm³/mol. The van der Waals surface area contributed by atoms with Gasteiger partial charge in [0.1, 0.15) is 0 Å². The Morgan fingerprint density at radius 3 is 2.76 bits per heavy atom. The van der Waals surface area contributed by atoms with Gasteiger partial charge < -0.3 is 0 Å². The Labute approximate surface area is 110 Å². The van der Waals surface area contributed by atoms with Gasteiger partial charge in [0.05, 0.1) is 0 Å². The average Bonchev–Trinajstić information content (AvgIpc) is 2.35. The maximum Gasteiger partial charge on any atom is 0.0223 e. The molecule has 0 N–H and O–H groups in total. The van der Waals surface area contributed by atoms with Crippen LogP contribution in [0.3, 0.4) is 0 Å². The fraction of sp³-hybridized carbons (Fsp3) is 0.500. The number of rotatable bonds is 4. The van der Waals surface area contributed by atoms with Crippen LogP contribution in [-0.4, -0.2) is 5.88 Å². The summed E-state index contributed by atoms with van der Waals surface area (Å²) < 4.78 is 0. The molecule has 0 fully saturated rings. The molecule has 17 heavy (non-hydrogen) atoms. The molecule has 1 heteroatoms. The first-order valence-electron chi connectivity index (χ1n) is 6.57. The highest BCUT2D eigenvalue weighted by molar-refractivity contribution is 6.17. The minimum atomic E-state index is 0.642. The van der Waals surface area contributed by atoms with Gasteiger partial charge in [-0.05, 0) is 42.2 Å². The normalized spacial score (nSPS) is 19.1. The van der Waals surface area contributed by atoms with Gasteiger partial charge in [-0.25, -0.2) is 0 Å². The standard InChI is InChI=1S/C16H21Cl/c1-12(2)16-11-14-7-4-3-6-13(14)10-15(16)8-5-9-17/h3-4,6-7,11-12,15H,5,8-10H2,1-2H3. The van der Waals surface area contributed by atoms with Crippen molar-refractivity contribution in [1.29, 1.82) is 0 Å². The van der Waals surface area contributed by atoms with Crippen LogP contribution in [-0.2, 0) is 6.42 Å². The smallest absolute Gasteiger partial charge is 0.0223 e. The summed E-state index contributed by atoms with van der Waals surface area (Å²) in [5.41, 5.74) is 4.52. The van der Waals surface area contributed by atoms with Gasteiger partial charge in [-0.15, -0.1) is 11.6 Å². The molecule has 1 aromatic carbocycles. The Balaban J connectivity index is 2.26. The lowest BCUT2D eigenvalue weighted by atomic mass is 9.77. The first-order chi connectivity index (χ1) is 8.22. The molecule has 0 aromatic heterocycles. The topological polar surface area (TPSA) is 0 Å². The molecule has 0 aliphatic heterocycles. The Hall–Kier alpha value is -0.750. The monoisotopic (exact) mass is 248 g/mol. The summed E-state index contributed by atoms with van der Waals surface area (Å²) >= 11 is 5.83. The van der Waals surface area contributed by atoms with Crippen molar-refractivity contribution in [2.45, 2.75) is 33.1 Å². The number of hydrogen-bond acceptors (Lipinski definition) is 0. The maximum absolute atomic E-state index is 5.83. The van der Waals surface area contributed by atoms with Gasteiger partial charge in [0.25, 0.3) is 0 Å². The first kappa shape index (κ1) is 12.7. The minimum Gasteiger partial charge on any atom is -0.127 e. The Bertz CT molecular complexity index is 404. The Kier molecular flexibility index (Phi) is 4.28. The number of alkyl halides is 1. The second kappa shape index (κ2) is 5.73. The molecule has 92 valence electrons. The molecular weight excluding hydrogens is 228 g/mol. The van der Waals surface area contributed by atoms with E-state index >= 15 is 0 Å². The van der Waals surface area contributed by atoms with E-state index in [0.29, 0.717) is 11.8 Å². The second-order valence-electron chi connectivity index (χ2n) is 5.23. The van der Waals surface area contributed by atoms with E-state index < -0.39 is 0 Å². The van der Waals surface area contributed by atoms with Crippen LogP contribution >= 0.6 is 11.6 Å². The van der Waals surface area contributed by atoms with E-state index in [9.17, 15) is 0 Å². The summed E-state index contributed by atoms with van der Waals surface area (Å²) in [7, 11) is 0. The molecule has 1 atom stereocenters. The van der Waals surface area contributed by atoms with Gasteiger partial charge in [0, 0.05) is 5.88 Å².